The number of sulfonamides is 1. The number of ether oxygens (including phenoxy) is 2. The van der Waals surface area contributed by atoms with Crippen LogP contribution in [-0.4, -0.2) is 27.5 Å². The summed E-state index contributed by atoms with van der Waals surface area (Å²) < 4.78 is 37.1. The fraction of sp³-hybridized carbons (Fsp3) is 0.176. The van der Waals surface area contributed by atoms with Crippen LogP contribution in [0.4, 0.5) is 5.69 Å². The molecule has 0 amide bonds. The Hall–Kier alpha value is -2.87. The number of rotatable bonds is 6. The molecule has 0 unspecified atom stereocenters. The fourth-order valence-electron chi connectivity index (χ4n) is 2.11. The summed E-state index contributed by atoms with van der Waals surface area (Å²) in [5, 5.41) is 0. The summed E-state index contributed by atoms with van der Waals surface area (Å²) in [6.45, 7) is 1.19. The monoisotopic (exact) mass is 363 g/mol. The standard InChI is InChI=1S/C17H17NO6S/c1-12(19)24-15-8-3-4-9-16(15)25(21,22)18-14-7-5-6-13(10-14)11-17(20)23-2/h3-10,18H,11H2,1-2H3. The molecule has 2 rings (SSSR count). The van der Waals surface area contributed by atoms with Gasteiger partial charge in [-0.15, -0.1) is 0 Å². The van der Waals surface area contributed by atoms with Gasteiger partial charge in [-0.05, 0) is 29.8 Å². The van der Waals surface area contributed by atoms with E-state index in [4.69, 9.17) is 4.74 Å². The maximum atomic E-state index is 12.6. The van der Waals surface area contributed by atoms with Crippen LogP contribution in [0.15, 0.2) is 53.4 Å². The molecule has 7 nitrogen and oxygen atoms in total. The normalized spacial score (nSPS) is 10.8. The lowest BCUT2D eigenvalue weighted by molar-refractivity contribution is -0.139. The SMILES string of the molecule is COC(=O)Cc1cccc(NS(=O)(=O)c2ccccc2OC(C)=O)c1. The van der Waals surface area contributed by atoms with Gasteiger partial charge >= 0.3 is 11.9 Å². The van der Waals surface area contributed by atoms with Crippen molar-refractivity contribution in [1.29, 1.82) is 0 Å². The minimum absolute atomic E-state index is 0.0239. The molecule has 0 heterocycles. The van der Waals surface area contributed by atoms with Gasteiger partial charge in [-0.1, -0.05) is 24.3 Å². The van der Waals surface area contributed by atoms with Crippen LogP contribution in [0.25, 0.3) is 0 Å². The van der Waals surface area contributed by atoms with Gasteiger partial charge in [0, 0.05) is 12.6 Å². The van der Waals surface area contributed by atoms with Crippen molar-refractivity contribution in [1.82, 2.24) is 0 Å². The molecule has 0 atom stereocenters. The van der Waals surface area contributed by atoms with E-state index in [9.17, 15) is 18.0 Å². The zero-order valence-corrected chi connectivity index (χ0v) is 14.5. The zero-order chi connectivity index (χ0) is 18.4. The molecule has 0 saturated carbocycles. The predicted octanol–water partition coefficient (Wildman–Crippen LogP) is 2.13. The largest absolute Gasteiger partial charge is 0.469 e. The van der Waals surface area contributed by atoms with E-state index in [1.807, 2.05) is 0 Å². The van der Waals surface area contributed by atoms with E-state index in [2.05, 4.69) is 9.46 Å². The highest BCUT2D eigenvalue weighted by molar-refractivity contribution is 7.92. The van der Waals surface area contributed by atoms with Crippen molar-refractivity contribution in [2.24, 2.45) is 0 Å². The molecule has 1 N–H and O–H groups in total. The van der Waals surface area contributed by atoms with Crippen molar-refractivity contribution in [2.45, 2.75) is 18.2 Å². The summed E-state index contributed by atoms with van der Waals surface area (Å²) in [6.07, 6.45) is 0.0239. The van der Waals surface area contributed by atoms with Crippen molar-refractivity contribution < 1.29 is 27.5 Å². The predicted molar refractivity (Wildman–Crippen MR) is 90.7 cm³/mol. The summed E-state index contributed by atoms with van der Waals surface area (Å²) in [5.74, 6) is -1.11. The third kappa shape index (κ3) is 5.05. The number of carbonyl (C=O) groups excluding carboxylic acids is 2. The van der Waals surface area contributed by atoms with E-state index >= 15 is 0 Å². The number of hydrogen-bond donors (Lipinski definition) is 1. The van der Waals surface area contributed by atoms with Crippen molar-refractivity contribution in [2.75, 3.05) is 11.8 Å². The smallest absolute Gasteiger partial charge is 0.309 e. The molecule has 0 aromatic heterocycles. The van der Waals surface area contributed by atoms with Crippen LogP contribution in [0.1, 0.15) is 12.5 Å². The van der Waals surface area contributed by atoms with Gasteiger partial charge in [0.25, 0.3) is 10.0 Å². The van der Waals surface area contributed by atoms with Crippen molar-refractivity contribution in [3.05, 3.63) is 54.1 Å². The first-order valence-electron chi connectivity index (χ1n) is 7.28. The van der Waals surface area contributed by atoms with Gasteiger partial charge in [0.05, 0.1) is 13.5 Å². The number of benzene rings is 2. The molecule has 0 aliphatic rings. The number of esters is 2. The van der Waals surface area contributed by atoms with E-state index in [0.717, 1.165) is 0 Å². The first kappa shape index (κ1) is 18.5. The van der Waals surface area contributed by atoms with Gasteiger partial charge in [-0.3, -0.25) is 14.3 Å². The number of anilines is 1. The molecule has 0 radical (unpaired) electrons. The molecule has 0 saturated heterocycles. The van der Waals surface area contributed by atoms with Gasteiger partial charge in [-0.2, -0.15) is 0 Å². The van der Waals surface area contributed by atoms with Crippen LogP contribution in [0.2, 0.25) is 0 Å². The second-order valence-corrected chi connectivity index (χ2v) is 6.75. The molecule has 25 heavy (non-hydrogen) atoms. The molecule has 2 aromatic rings. The first-order chi connectivity index (χ1) is 11.8. The molecular weight excluding hydrogens is 346 g/mol. The van der Waals surface area contributed by atoms with Crippen LogP contribution in [0, 0.1) is 0 Å². The highest BCUT2D eigenvalue weighted by Gasteiger charge is 2.20. The van der Waals surface area contributed by atoms with Crippen LogP contribution >= 0.6 is 0 Å². The molecule has 0 spiro atoms. The topological polar surface area (TPSA) is 98.8 Å². The Morgan fingerprint density at radius 3 is 2.48 bits per heavy atom. The Morgan fingerprint density at radius 1 is 1.08 bits per heavy atom. The average Bonchev–Trinajstić information content (AvgIpc) is 2.54. The van der Waals surface area contributed by atoms with Gasteiger partial charge in [0.2, 0.25) is 0 Å². The number of para-hydroxylation sites is 1. The second kappa shape index (κ2) is 7.80. The summed E-state index contributed by atoms with van der Waals surface area (Å²) in [4.78, 5) is 22.3. The summed E-state index contributed by atoms with van der Waals surface area (Å²) in [5.41, 5.74) is 0.874. The number of nitrogens with one attached hydrogen (secondary N) is 1. The minimum atomic E-state index is -3.98. The summed E-state index contributed by atoms with van der Waals surface area (Å²) in [6, 6.07) is 12.2. The lowest BCUT2D eigenvalue weighted by atomic mass is 10.1. The second-order valence-electron chi connectivity index (χ2n) is 5.10. The van der Waals surface area contributed by atoms with E-state index in [0.29, 0.717) is 5.56 Å². The van der Waals surface area contributed by atoms with E-state index in [-0.39, 0.29) is 22.8 Å². The zero-order valence-electron chi connectivity index (χ0n) is 13.7. The molecule has 0 bridgehead atoms. The lowest BCUT2D eigenvalue weighted by Gasteiger charge is -2.12. The van der Waals surface area contributed by atoms with Gasteiger partial charge in [0.15, 0.2) is 5.75 Å². The highest BCUT2D eigenvalue weighted by Crippen LogP contribution is 2.26. The van der Waals surface area contributed by atoms with E-state index in [1.165, 1.54) is 38.3 Å². The number of methoxy groups -OCH3 is 1. The van der Waals surface area contributed by atoms with Crippen LogP contribution in [0.5, 0.6) is 5.75 Å². The summed E-state index contributed by atoms with van der Waals surface area (Å²) >= 11 is 0. The Morgan fingerprint density at radius 2 is 1.80 bits per heavy atom. The Labute approximate surface area is 145 Å². The fourth-order valence-corrected chi connectivity index (χ4v) is 3.28. The molecule has 0 aliphatic heterocycles. The van der Waals surface area contributed by atoms with Crippen LogP contribution in [0.3, 0.4) is 0 Å². The van der Waals surface area contributed by atoms with Gasteiger partial charge in [-0.25, -0.2) is 8.42 Å². The van der Waals surface area contributed by atoms with Gasteiger partial charge < -0.3 is 9.47 Å². The molecule has 132 valence electrons. The Kier molecular flexibility index (Phi) is 5.76. The quantitative estimate of drug-likeness (QED) is 0.623. The number of carbonyl (C=O) groups is 2. The highest BCUT2D eigenvalue weighted by atomic mass is 32.2. The van der Waals surface area contributed by atoms with Crippen LogP contribution < -0.4 is 9.46 Å². The first-order valence-corrected chi connectivity index (χ1v) is 8.76. The molecule has 0 fully saturated rings. The lowest BCUT2D eigenvalue weighted by Crippen LogP contribution is -2.15. The van der Waals surface area contributed by atoms with E-state index in [1.54, 1.807) is 24.3 Å². The third-order valence-corrected chi connectivity index (χ3v) is 4.57. The third-order valence-electron chi connectivity index (χ3n) is 3.15. The molecule has 8 heteroatoms. The van der Waals surface area contributed by atoms with Gasteiger partial charge in [0.1, 0.15) is 4.90 Å². The molecule has 2 aromatic carbocycles. The summed E-state index contributed by atoms with van der Waals surface area (Å²) in [7, 11) is -2.71. The molecule has 0 aliphatic carbocycles. The number of hydrogen-bond acceptors (Lipinski definition) is 6. The van der Waals surface area contributed by atoms with E-state index < -0.39 is 22.0 Å². The van der Waals surface area contributed by atoms with Crippen molar-refractivity contribution in [3.8, 4) is 5.75 Å². The molecular formula is C17H17NO6S. The maximum Gasteiger partial charge on any atom is 0.309 e. The van der Waals surface area contributed by atoms with Crippen molar-refractivity contribution >= 4 is 27.6 Å². The average molecular weight is 363 g/mol. The Balaban J connectivity index is 2.29. The maximum absolute atomic E-state index is 12.6. The van der Waals surface area contributed by atoms with Crippen molar-refractivity contribution in [3.63, 3.8) is 0 Å². The Bertz CT molecular complexity index is 892. The van der Waals surface area contributed by atoms with Crippen LogP contribution in [-0.2, 0) is 30.8 Å². The minimum Gasteiger partial charge on any atom is -0.469 e.